The van der Waals surface area contributed by atoms with E-state index >= 15 is 0 Å². The summed E-state index contributed by atoms with van der Waals surface area (Å²) >= 11 is 0. The number of aromatic nitrogens is 11. The molecule has 23 nitrogen and oxygen atoms in total. The lowest BCUT2D eigenvalue weighted by atomic mass is 10.1. The molecule has 4 aliphatic rings. The first-order chi connectivity index (χ1) is 57.6. The minimum Gasteiger partial charge on any atom is -0.435 e. The van der Waals surface area contributed by atoms with Crippen LogP contribution in [-0.4, -0.2) is 104 Å². The molecule has 112 heavy (non-hydrogen) atoms. The molecular formula is C89H93N19O4. The van der Waals surface area contributed by atoms with Gasteiger partial charge in [-0.3, -0.25) is 14.7 Å². The highest BCUT2D eigenvalue weighted by Crippen LogP contribution is 2.53. The van der Waals surface area contributed by atoms with Crippen molar-refractivity contribution in [2.75, 3.05) is 46.2 Å². The second-order valence-corrected chi connectivity index (χ2v) is 30.6. The highest BCUT2D eigenvalue weighted by Gasteiger charge is 2.46. The van der Waals surface area contributed by atoms with Crippen molar-refractivity contribution in [2.24, 2.45) is 0 Å². The maximum Gasteiger partial charge on any atom is 0.227 e. The van der Waals surface area contributed by atoms with Crippen molar-refractivity contribution < 1.29 is 31.4 Å². The van der Waals surface area contributed by atoms with E-state index in [0.29, 0.717) is 68.9 Å². The Kier molecular flexibility index (Phi) is 14.7. The zero-order valence-corrected chi connectivity index (χ0v) is 65.9. The summed E-state index contributed by atoms with van der Waals surface area (Å²) in [6.07, 6.45) is 10.1. The summed E-state index contributed by atoms with van der Waals surface area (Å²) in [5, 5.41) is 7.72. The summed E-state index contributed by atoms with van der Waals surface area (Å²) < 4.78 is 107. The van der Waals surface area contributed by atoms with E-state index in [1.807, 2.05) is 186 Å². The lowest BCUT2D eigenvalue weighted by Gasteiger charge is -2.39. The Morgan fingerprint density at radius 1 is 0.348 bits per heavy atom. The van der Waals surface area contributed by atoms with Gasteiger partial charge in [-0.1, -0.05) is 48.5 Å². The Balaban J connectivity index is 0.000000116. The Morgan fingerprint density at radius 3 is 1.05 bits per heavy atom. The lowest BCUT2D eigenvalue weighted by Crippen LogP contribution is -2.49. The average molecular weight is 1500 g/mol. The van der Waals surface area contributed by atoms with Gasteiger partial charge in [0.15, 0.2) is 63.1 Å². The predicted molar refractivity (Wildman–Crippen MR) is 451 cm³/mol. The van der Waals surface area contributed by atoms with Gasteiger partial charge in [0, 0.05) is 146 Å². The molecule has 0 saturated heterocycles. The first-order valence-electron chi connectivity index (χ1n) is 42.5. The van der Waals surface area contributed by atoms with Gasteiger partial charge in [-0.25, -0.2) is 54.8 Å². The summed E-state index contributed by atoms with van der Waals surface area (Å²) in [6.45, 7) is 27.6. The number of aryl methyl sites for hydroxylation is 8. The molecule has 4 aromatic carbocycles. The van der Waals surface area contributed by atoms with Crippen LogP contribution in [0.5, 0.6) is 0 Å². The third-order valence-corrected chi connectivity index (χ3v) is 21.5. The normalized spacial score (nSPS) is 18.5. The number of nitrogens with zero attached hydrogens (tertiary/aromatic N) is 19. The van der Waals surface area contributed by atoms with E-state index < -0.39 is 43.9 Å². The number of anilines is 12. The molecule has 16 aromatic rings. The second kappa shape index (κ2) is 26.9. The fourth-order valence-electron chi connectivity index (χ4n) is 16.7. The van der Waals surface area contributed by atoms with Gasteiger partial charge < -0.3 is 42.2 Å². The minimum atomic E-state index is -2.35. The molecule has 0 fully saturated rings. The Labute approximate surface area is 664 Å². The SMILES string of the molecule is [2H]C(C)(C)N1c2nccnc2N(c2c(C)ccc3c2oc2nc(C)ccc23)C1C.[2H]C([2H])([2H])C(C)(C)N1c2ncccc2N(c2c(C)ccc3c2oc2nc(C)ccc23)C1C.[2H]C([2H])([2H])C(C)(C)N1c2nccnc2N(c2c(C)ccc3c2oc2nc(C)ccc23)C1C.[2H]C([2H])([2H])N1c2nccnc2N(c2c(C)ccc3c2oc2nc(C)ccc23)C1C. The van der Waals surface area contributed by atoms with Crippen molar-refractivity contribution in [3.05, 3.63) is 198 Å². The van der Waals surface area contributed by atoms with Gasteiger partial charge >= 0.3 is 0 Å². The molecule has 12 aromatic heterocycles. The van der Waals surface area contributed by atoms with Crippen molar-refractivity contribution >= 4 is 157 Å². The van der Waals surface area contributed by atoms with Gasteiger partial charge in [0.2, 0.25) is 22.9 Å². The van der Waals surface area contributed by atoms with Crippen molar-refractivity contribution in [1.29, 1.82) is 0 Å². The minimum absolute atomic E-state index is 0.146. The summed E-state index contributed by atoms with van der Waals surface area (Å²) in [6, 6.07) is 35.5. The topological polar surface area (TPSA) is 220 Å². The molecule has 0 bridgehead atoms. The fourth-order valence-corrected chi connectivity index (χ4v) is 16.7. The van der Waals surface area contributed by atoms with Crippen LogP contribution in [0.3, 0.4) is 0 Å². The van der Waals surface area contributed by atoms with E-state index in [0.717, 1.165) is 134 Å². The van der Waals surface area contributed by atoms with E-state index in [2.05, 4.69) is 109 Å². The van der Waals surface area contributed by atoms with Gasteiger partial charge in [-0.05, 0) is 221 Å². The molecular weight excluding hydrogens is 1400 g/mol. The molecule has 0 spiro atoms. The van der Waals surface area contributed by atoms with Crippen molar-refractivity contribution in [2.45, 2.75) is 180 Å². The molecule has 4 unspecified atom stereocenters. The van der Waals surface area contributed by atoms with E-state index in [1.54, 1.807) is 64.9 Å². The number of rotatable bonds is 5. The van der Waals surface area contributed by atoms with E-state index in [1.165, 1.54) is 11.1 Å². The summed E-state index contributed by atoms with van der Waals surface area (Å²) in [5.74, 6) is 4.09. The van der Waals surface area contributed by atoms with Crippen LogP contribution in [0.15, 0.2) is 170 Å². The van der Waals surface area contributed by atoms with Crippen LogP contribution in [0, 0.1) is 55.4 Å². The van der Waals surface area contributed by atoms with Crippen LogP contribution in [0.4, 0.5) is 69.2 Å². The molecule has 16 heterocycles. The third-order valence-electron chi connectivity index (χ3n) is 21.5. The summed E-state index contributed by atoms with van der Waals surface area (Å²) in [5.41, 5.74) is 14.9. The molecule has 0 radical (unpaired) electrons. The van der Waals surface area contributed by atoms with Crippen molar-refractivity contribution in [3.8, 4) is 0 Å². The van der Waals surface area contributed by atoms with E-state index in [4.69, 9.17) is 31.4 Å². The molecule has 4 aliphatic heterocycles. The lowest BCUT2D eigenvalue weighted by molar-refractivity contribution is 0.464. The second-order valence-electron chi connectivity index (χ2n) is 30.6. The van der Waals surface area contributed by atoms with Crippen LogP contribution >= 0.6 is 0 Å². The van der Waals surface area contributed by atoms with Crippen LogP contribution in [-0.2, 0) is 0 Å². The molecule has 20 rings (SSSR count). The maximum atomic E-state index is 8.67. The van der Waals surface area contributed by atoms with Crippen LogP contribution in [0.25, 0.3) is 88.3 Å². The van der Waals surface area contributed by atoms with Crippen LogP contribution in [0.2, 0.25) is 0 Å². The standard InChI is InChI=1S/C24H26N4O.C23H25N5O.C22H23N5O.C20H19N5O/c1-14-9-11-17-18-12-10-15(2)26-23(18)29-21(17)20(14)27-16(3)28(24(4,5)6)22-19(27)8-7-13-25-22;1-13-7-9-16-17-10-8-14(2)26-22(17)29-19(16)18(13)27-15(3)28(23(4,5)6)21-20(27)24-11-12-25-21;1-12(2)26-15(5)27(21-20(26)23-10-11-24-21)18-13(3)6-8-16-17-9-7-14(4)25-22(17)28-19(16)18;1-11-5-7-14-15-8-6-12(2)23-20(15)26-17(14)16(11)25-13(3)24(4)18-19(25)22-10-9-21-18/h7-13,16H,1-6H3;7-12,15H,1-6H3;6-12,15H,1-5H3;5-10,13H,1-4H3/i2*4D3;12D;4D3. The molecule has 568 valence electrons. The quantitative estimate of drug-likeness (QED) is 0.156. The van der Waals surface area contributed by atoms with Gasteiger partial charge in [0.1, 0.15) is 24.7 Å². The van der Waals surface area contributed by atoms with Gasteiger partial charge in [-0.2, -0.15) is 0 Å². The zero-order valence-electron chi connectivity index (χ0n) is 75.9. The van der Waals surface area contributed by atoms with E-state index in [-0.39, 0.29) is 18.5 Å². The number of benzene rings is 4. The number of fused-ring (bicyclic) bond motifs is 16. The van der Waals surface area contributed by atoms with Gasteiger partial charge in [0.05, 0.1) is 29.8 Å². The molecule has 0 saturated carbocycles. The van der Waals surface area contributed by atoms with Crippen molar-refractivity contribution in [1.82, 2.24) is 54.8 Å². The Bertz CT molecular complexity index is 6470. The first kappa shape index (κ1) is 61.3. The summed E-state index contributed by atoms with van der Waals surface area (Å²) in [4.78, 5) is 65.2. The smallest absolute Gasteiger partial charge is 0.227 e. The van der Waals surface area contributed by atoms with Crippen molar-refractivity contribution in [3.63, 3.8) is 0 Å². The molecule has 0 aliphatic carbocycles. The number of furan rings is 4. The zero-order chi connectivity index (χ0) is 87.0. The van der Waals surface area contributed by atoms with Crippen LogP contribution in [0.1, 0.15) is 142 Å². The molecule has 0 amide bonds. The molecule has 4 atom stereocenters. The summed E-state index contributed by atoms with van der Waals surface area (Å²) in [7, 11) is 0. The number of hydrogen-bond acceptors (Lipinski definition) is 23. The van der Waals surface area contributed by atoms with Crippen LogP contribution < -0.4 is 39.2 Å². The molecule has 0 N–H and O–H groups in total. The fraction of sp³-hybridized carbons (Fsp3) is 0.315. The third kappa shape index (κ3) is 11.6. The Hall–Kier alpha value is -12.5. The largest absolute Gasteiger partial charge is 0.435 e. The first-order valence-corrected chi connectivity index (χ1v) is 37.5. The highest BCUT2D eigenvalue weighted by molar-refractivity contribution is 6.13. The number of hydrogen-bond donors (Lipinski definition) is 0. The van der Waals surface area contributed by atoms with Gasteiger partial charge in [-0.15, -0.1) is 0 Å². The average Bonchev–Trinajstić information content (AvgIpc) is 1.57. The number of pyridine rings is 5. The van der Waals surface area contributed by atoms with Gasteiger partial charge in [0.25, 0.3) is 0 Å². The monoisotopic (exact) mass is 1500 g/mol. The molecule has 23 heteroatoms. The Morgan fingerprint density at radius 2 is 0.661 bits per heavy atom. The predicted octanol–water partition coefficient (Wildman–Crippen LogP) is 21.0. The highest BCUT2D eigenvalue weighted by atomic mass is 16.4. The maximum absolute atomic E-state index is 8.67. The van der Waals surface area contributed by atoms with E-state index in [9.17, 15) is 0 Å².